The van der Waals surface area contributed by atoms with Crippen LogP contribution in [-0.4, -0.2) is 18.1 Å². The van der Waals surface area contributed by atoms with Gasteiger partial charge in [0.15, 0.2) is 5.96 Å². The van der Waals surface area contributed by atoms with Crippen LogP contribution in [0.25, 0.3) is 0 Å². The normalized spacial score (nSPS) is 10.7. The number of nitrogens with one attached hydrogen (secondary N) is 1. The number of benzene rings is 1. The highest BCUT2D eigenvalue weighted by atomic mass is 127. The Morgan fingerprint density at radius 1 is 1.23 bits per heavy atom. The molecular weight excluding hydrogens is 391 g/mol. The van der Waals surface area contributed by atoms with Crippen molar-refractivity contribution in [2.45, 2.75) is 20.0 Å². The third-order valence-electron chi connectivity index (χ3n) is 3.01. The van der Waals surface area contributed by atoms with Gasteiger partial charge in [-0.1, -0.05) is 36.4 Å². The third-order valence-corrected chi connectivity index (χ3v) is 3.01. The van der Waals surface area contributed by atoms with Crippen LogP contribution in [0, 0.1) is 6.92 Å². The summed E-state index contributed by atoms with van der Waals surface area (Å²) in [6.07, 6.45) is 0. The van der Waals surface area contributed by atoms with Gasteiger partial charge < -0.3 is 15.8 Å². The Bertz CT molecular complexity index is 617. The molecule has 0 saturated heterocycles. The highest BCUT2D eigenvalue weighted by molar-refractivity contribution is 14.0. The van der Waals surface area contributed by atoms with Crippen molar-refractivity contribution in [3.8, 4) is 5.88 Å². The minimum absolute atomic E-state index is 0. The van der Waals surface area contributed by atoms with Crippen LogP contribution < -0.4 is 15.8 Å². The number of hydrogen-bond donors (Lipinski definition) is 2. The maximum atomic E-state index is 5.87. The molecule has 0 aliphatic heterocycles. The molecule has 6 heteroatoms. The number of pyridine rings is 1. The molecule has 0 radical (unpaired) electrons. The van der Waals surface area contributed by atoms with E-state index in [0.29, 0.717) is 24.9 Å². The zero-order valence-corrected chi connectivity index (χ0v) is 15.1. The van der Waals surface area contributed by atoms with Crippen molar-refractivity contribution in [1.82, 2.24) is 10.3 Å². The van der Waals surface area contributed by atoms with Crippen LogP contribution in [0.5, 0.6) is 5.88 Å². The van der Waals surface area contributed by atoms with Gasteiger partial charge >= 0.3 is 0 Å². The summed E-state index contributed by atoms with van der Waals surface area (Å²) in [6.45, 7) is 3.01. The van der Waals surface area contributed by atoms with Gasteiger partial charge in [-0.15, -0.1) is 24.0 Å². The van der Waals surface area contributed by atoms with E-state index in [9.17, 15) is 0 Å². The summed E-state index contributed by atoms with van der Waals surface area (Å²) in [5.41, 5.74) is 8.85. The average molecular weight is 412 g/mol. The van der Waals surface area contributed by atoms with Crippen molar-refractivity contribution < 1.29 is 4.74 Å². The summed E-state index contributed by atoms with van der Waals surface area (Å²) in [5, 5.41) is 3.07. The molecule has 0 fully saturated rings. The molecule has 2 rings (SSSR count). The fourth-order valence-electron chi connectivity index (χ4n) is 1.87. The number of guanidine groups is 1. The van der Waals surface area contributed by atoms with Gasteiger partial charge in [-0.25, -0.2) is 9.98 Å². The zero-order valence-electron chi connectivity index (χ0n) is 12.7. The van der Waals surface area contributed by atoms with Crippen LogP contribution in [0.3, 0.4) is 0 Å². The Morgan fingerprint density at radius 2 is 1.95 bits per heavy atom. The molecule has 3 N–H and O–H groups in total. The minimum atomic E-state index is 0. The first kappa shape index (κ1) is 18.2. The number of aliphatic imine (C=N–C) groups is 1. The van der Waals surface area contributed by atoms with Crippen LogP contribution in [-0.2, 0) is 13.1 Å². The van der Waals surface area contributed by atoms with Crippen LogP contribution >= 0.6 is 24.0 Å². The summed E-state index contributed by atoms with van der Waals surface area (Å²) >= 11 is 0. The van der Waals surface area contributed by atoms with Crippen molar-refractivity contribution >= 4 is 29.9 Å². The summed E-state index contributed by atoms with van der Waals surface area (Å²) in [6, 6.07) is 13.9. The van der Waals surface area contributed by atoms with Gasteiger partial charge in [-0.2, -0.15) is 0 Å². The molecule has 22 heavy (non-hydrogen) atoms. The van der Waals surface area contributed by atoms with E-state index in [1.807, 2.05) is 49.4 Å². The molecule has 0 amide bonds. The second-order valence-electron chi connectivity index (χ2n) is 4.66. The SMILES string of the molecule is COc1nc(C)ccc1CNC(N)=NCc1ccccc1.I. The molecule has 1 aromatic carbocycles. The Hall–Kier alpha value is -1.83. The van der Waals surface area contributed by atoms with Crippen molar-refractivity contribution in [3.05, 3.63) is 59.3 Å². The van der Waals surface area contributed by atoms with Gasteiger partial charge in [0, 0.05) is 17.8 Å². The second kappa shape index (κ2) is 9.24. The van der Waals surface area contributed by atoms with Crippen molar-refractivity contribution in [1.29, 1.82) is 0 Å². The molecule has 0 bridgehead atoms. The molecule has 0 atom stereocenters. The quantitative estimate of drug-likeness (QED) is 0.450. The van der Waals surface area contributed by atoms with Gasteiger partial charge in [0.1, 0.15) is 0 Å². The van der Waals surface area contributed by atoms with E-state index < -0.39 is 0 Å². The first-order valence-corrected chi connectivity index (χ1v) is 6.77. The number of ether oxygens (including phenoxy) is 1. The number of rotatable bonds is 5. The number of nitrogens with two attached hydrogens (primary N) is 1. The number of aryl methyl sites for hydroxylation is 1. The van der Waals surface area contributed by atoms with Crippen molar-refractivity contribution in [3.63, 3.8) is 0 Å². The zero-order chi connectivity index (χ0) is 15.1. The molecule has 5 nitrogen and oxygen atoms in total. The number of nitrogens with zero attached hydrogens (tertiary/aromatic N) is 2. The largest absolute Gasteiger partial charge is 0.481 e. The van der Waals surface area contributed by atoms with Gasteiger partial charge in [0.2, 0.25) is 5.88 Å². The van der Waals surface area contributed by atoms with E-state index in [1.165, 1.54) is 0 Å². The lowest BCUT2D eigenvalue weighted by atomic mass is 10.2. The molecule has 1 heterocycles. The molecule has 0 saturated carbocycles. The lowest BCUT2D eigenvalue weighted by Gasteiger charge is -2.10. The predicted molar refractivity (Wildman–Crippen MR) is 99.5 cm³/mol. The molecule has 0 unspecified atom stereocenters. The van der Waals surface area contributed by atoms with E-state index in [4.69, 9.17) is 10.5 Å². The van der Waals surface area contributed by atoms with Gasteiger partial charge in [0.05, 0.1) is 13.7 Å². The molecule has 0 spiro atoms. The minimum Gasteiger partial charge on any atom is -0.481 e. The molecule has 118 valence electrons. The first-order chi connectivity index (χ1) is 10.2. The Kier molecular flexibility index (Phi) is 7.65. The predicted octanol–water partition coefficient (Wildman–Crippen LogP) is 2.62. The molecule has 2 aromatic rings. The summed E-state index contributed by atoms with van der Waals surface area (Å²) in [5.74, 6) is 1.01. The van der Waals surface area contributed by atoms with Crippen LogP contribution in [0.2, 0.25) is 0 Å². The lowest BCUT2D eigenvalue weighted by Crippen LogP contribution is -2.31. The maximum absolute atomic E-state index is 5.87. The van der Waals surface area contributed by atoms with E-state index in [0.717, 1.165) is 16.8 Å². The monoisotopic (exact) mass is 412 g/mol. The third kappa shape index (κ3) is 5.51. The number of methoxy groups -OCH3 is 1. The number of hydrogen-bond acceptors (Lipinski definition) is 3. The van der Waals surface area contributed by atoms with Crippen LogP contribution in [0.4, 0.5) is 0 Å². The summed E-state index contributed by atoms with van der Waals surface area (Å²) in [4.78, 5) is 8.62. The fourth-order valence-corrected chi connectivity index (χ4v) is 1.87. The topological polar surface area (TPSA) is 72.5 Å². The highest BCUT2D eigenvalue weighted by Gasteiger charge is 2.04. The van der Waals surface area contributed by atoms with Crippen molar-refractivity contribution in [2.24, 2.45) is 10.7 Å². The lowest BCUT2D eigenvalue weighted by molar-refractivity contribution is 0.391. The van der Waals surface area contributed by atoms with Crippen molar-refractivity contribution in [2.75, 3.05) is 7.11 Å². The van der Waals surface area contributed by atoms with E-state index in [-0.39, 0.29) is 24.0 Å². The molecule has 1 aromatic heterocycles. The average Bonchev–Trinajstić information content (AvgIpc) is 2.52. The molecule has 0 aliphatic rings. The van der Waals surface area contributed by atoms with Crippen LogP contribution in [0.15, 0.2) is 47.5 Å². The van der Waals surface area contributed by atoms with Gasteiger partial charge in [-0.05, 0) is 18.6 Å². The molecule has 0 aliphatic carbocycles. The van der Waals surface area contributed by atoms with Crippen LogP contribution in [0.1, 0.15) is 16.8 Å². The summed E-state index contributed by atoms with van der Waals surface area (Å²) in [7, 11) is 1.61. The first-order valence-electron chi connectivity index (χ1n) is 6.77. The number of halogens is 1. The molecular formula is C16H21IN4O. The van der Waals surface area contributed by atoms with E-state index in [1.54, 1.807) is 7.11 Å². The number of aromatic nitrogens is 1. The standard InChI is InChI=1S/C16H20N4O.HI/c1-12-8-9-14(15(20-12)21-2)11-19-16(17)18-10-13-6-4-3-5-7-13;/h3-9H,10-11H2,1-2H3,(H3,17,18,19);1H. The maximum Gasteiger partial charge on any atom is 0.218 e. The second-order valence-corrected chi connectivity index (χ2v) is 4.66. The highest BCUT2D eigenvalue weighted by Crippen LogP contribution is 2.15. The Labute approximate surface area is 148 Å². The van der Waals surface area contributed by atoms with E-state index in [2.05, 4.69) is 15.3 Å². The van der Waals surface area contributed by atoms with Gasteiger partial charge in [0.25, 0.3) is 0 Å². The van der Waals surface area contributed by atoms with Gasteiger partial charge in [-0.3, -0.25) is 0 Å². The fraction of sp³-hybridized carbons (Fsp3) is 0.250. The van der Waals surface area contributed by atoms with E-state index >= 15 is 0 Å². The Morgan fingerprint density at radius 3 is 2.64 bits per heavy atom. The smallest absolute Gasteiger partial charge is 0.218 e. The summed E-state index contributed by atoms with van der Waals surface area (Å²) < 4.78 is 5.26. The Balaban J connectivity index is 0.00000242.